The Bertz CT molecular complexity index is 1170. The average Bonchev–Trinajstić information content (AvgIpc) is 3.51. The Hall–Kier alpha value is -2.50. The van der Waals surface area contributed by atoms with Gasteiger partial charge in [0.05, 0.1) is 6.10 Å². The van der Waals surface area contributed by atoms with E-state index in [4.69, 9.17) is 9.47 Å². The van der Waals surface area contributed by atoms with Gasteiger partial charge in [0.15, 0.2) is 12.2 Å². The van der Waals surface area contributed by atoms with Crippen molar-refractivity contribution in [1.82, 2.24) is 0 Å². The van der Waals surface area contributed by atoms with E-state index in [1.54, 1.807) is 0 Å². The van der Waals surface area contributed by atoms with Crippen LogP contribution in [0.3, 0.4) is 0 Å². The van der Waals surface area contributed by atoms with E-state index < -0.39 is 120 Å². The lowest BCUT2D eigenvalue weighted by Crippen LogP contribution is -2.70. The van der Waals surface area contributed by atoms with Crippen LogP contribution in [0.1, 0.15) is 65.2 Å². The van der Waals surface area contributed by atoms with Crippen molar-refractivity contribution in [2.24, 2.45) is 23.7 Å². The molecule has 0 aliphatic heterocycles. The number of fused-ring (bicyclic) bond motifs is 2. The smallest absolute Gasteiger partial charge is 0.430 e. The van der Waals surface area contributed by atoms with Crippen molar-refractivity contribution in [3.05, 3.63) is 24.3 Å². The molecule has 6 nitrogen and oxygen atoms in total. The van der Waals surface area contributed by atoms with Crippen LogP contribution in [-0.2, 0) is 23.8 Å². The number of hydrogen-bond acceptors (Lipinski definition) is 6. The highest BCUT2D eigenvalue weighted by molar-refractivity contribution is 5.87. The summed E-state index contributed by atoms with van der Waals surface area (Å²) in [5.74, 6) is -10.3. The molecule has 6 atom stereocenters. The third-order valence-electron chi connectivity index (χ3n) is 9.29. The maximum atomic E-state index is 15.0. The molecule has 6 unspecified atom stereocenters. The second-order valence-electron chi connectivity index (χ2n) is 12.7. The molecule has 270 valence electrons. The van der Waals surface area contributed by atoms with Crippen LogP contribution in [0.2, 0.25) is 0 Å². The third kappa shape index (κ3) is 7.13. The Balaban J connectivity index is 2.19. The number of hydrogen-bond donors (Lipinski definition) is 1. The minimum Gasteiger partial charge on any atom is -0.455 e. The van der Waals surface area contributed by atoms with Gasteiger partial charge in [0.25, 0.3) is 11.2 Å². The number of ether oxygens (including phenoxy) is 3. The minimum atomic E-state index is -6.58. The molecule has 0 saturated heterocycles. The number of alkyl halides is 12. The lowest BCUT2D eigenvalue weighted by Gasteiger charge is -2.49. The van der Waals surface area contributed by atoms with Gasteiger partial charge in [-0.25, -0.2) is 9.59 Å². The fourth-order valence-electron chi connectivity index (χ4n) is 7.09. The zero-order valence-electron chi connectivity index (χ0n) is 25.1. The fourth-order valence-corrected chi connectivity index (χ4v) is 7.09. The van der Waals surface area contributed by atoms with Crippen LogP contribution in [0.4, 0.5) is 52.7 Å². The molecule has 1 N–H and O–H groups in total. The van der Waals surface area contributed by atoms with E-state index in [0.29, 0.717) is 6.42 Å². The summed E-state index contributed by atoms with van der Waals surface area (Å²) in [6, 6.07) is 0. The predicted octanol–water partition coefficient (Wildman–Crippen LogP) is 7.69. The average molecular weight is 707 g/mol. The van der Waals surface area contributed by atoms with Gasteiger partial charge in [-0.1, -0.05) is 32.4 Å². The first-order chi connectivity index (χ1) is 21.2. The van der Waals surface area contributed by atoms with Gasteiger partial charge >= 0.3 is 36.6 Å². The summed E-state index contributed by atoms with van der Waals surface area (Å²) in [7, 11) is 0. The first-order valence-electron chi connectivity index (χ1n) is 14.6. The van der Waals surface area contributed by atoms with E-state index in [1.807, 2.05) is 0 Å². The molecule has 0 spiro atoms. The standard InChI is InChI=1S/C29H34F12O6/c1-13(2)22(42)45-20(16-8-6-5-7-9-16)25(28(36,37)38,29(39,40)41)47-19-12-15-10-17(19)18(11-15)21(46-23(43)14(3)4)24(44,26(30,31)32)27(33,34)35/h15-21,44H,1,3,5-12H2,2,4H3. The zero-order chi connectivity index (χ0) is 36.1. The second kappa shape index (κ2) is 13.1. The first-order valence-corrected chi connectivity index (χ1v) is 14.6. The molecule has 0 aromatic rings. The van der Waals surface area contributed by atoms with Gasteiger partial charge < -0.3 is 19.3 Å². The number of esters is 2. The van der Waals surface area contributed by atoms with Crippen LogP contribution < -0.4 is 0 Å². The summed E-state index contributed by atoms with van der Waals surface area (Å²) >= 11 is 0. The maximum absolute atomic E-state index is 15.0. The van der Waals surface area contributed by atoms with Gasteiger partial charge in [-0.3, -0.25) is 0 Å². The molecular formula is C29H34F12O6. The number of carbonyl (C=O) groups is 2. The number of aliphatic hydroxyl groups is 1. The highest BCUT2D eigenvalue weighted by Gasteiger charge is 2.81. The molecule has 47 heavy (non-hydrogen) atoms. The van der Waals surface area contributed by atoms with Crippen LogP contribution in [0.15, 0.2) is 24.3 Å². The highest BCUT2D eigenvalue weighted by atomic mass is 19.4. The SMILES string of the molecule is C=C(C)C(=O)OC(C1CC2CC(OC(C(OC(=O)C(=C)C)C3CCCCC3)(C(F)(F)F)C(F)(F)F)C1C2)C(O)(C(F)(F)F)C(F)(F)F. The number of carbonyl (C=O) groups excluding carboxylic acids is 2. The van der Waals surface area contributed by atoms with Crippen LogP contribution >= 0.6 is 0 Å². The Labute approximate surface area is 261 Å². The van der Waals surface area contributed by atoms with Crippen molar-refractivity contribution < 1.29 is 81.6 Å². The quantitative estimate of drug-likeness (QED) is 0.143. The summed E-state index contributed by atoms with van der Waals surface area (Å²) in [5, 5.41) is 10.2. The summed E-state index contributed by atoms with van der Waals surface area (Å²) in [5.41, 5.74) is -12.3. The monoisotopic (exact) mass is 706 g/mol. The van der Waals surface area contributed by atoms with Crippen LogP contribution in [0.5, 0.6) is 0 Å². The lowest BCUT2D eigenvalue weighted by molar-refractivity contribution is -0.421. The van der Waals surface area contributed by atoms with E-state index in [2.05, 4.69) is 17.9 Å². The van der Waals surface area contributed by atoms with E-state index in [9.17, 15) is 67.4 Å². The molecule has 3 saturated carbocycles. The van der Waals surface area contributed by atoms with Crippen molar-refractivity contribution in [3.63, 3.8) is 0 Å². The van der Waals surface area contributed by atoms with Crippen LogP contribution in [-0.4, -0.2) is 71.3 Å². The van der Waals surface area contributed by atoms with Gasteiger partial charge in [-0.2, -0.15) is 52.7 Å². The van der Waals surface area contributed by atoms with Gasteiger partial charge in [0.2, 0.25) is 0 Å². The fraction of sp³-hybridized carbons (Fsp3) is 0.793. The highest BCUT2D eigenvalue weighted by Crippen LogP contribution is 2.60. The molecule has 2 bridgehead atoms. The number of halogens is 12. The molecule has 3 aliphatic carbocycles. The van der Waals surface area contributed by atoms with E-state index >= 15 is 0 Å². The normalized spacial score (nSPS) is 26.1. The van der Waals surface area contributed by atoms with Crippen LogP contribution in [0, 0.1) is 23.7 Å². The van der Waals surface area contributed by atoms with Crippen molar-refractivity contribution >= 4 is 11.9 Å². The summed E-state index contributed by atoms with van der Waals surface area (Å²) in [6.45, 7) is 8.08. The maximum Gasteiger partial charge on any atom is 0.430 e. The Kier molecular flexibility index (Phi) is 10.8. The van der Waals surface area contributed by atoms with Crippen LogP contribution in [0.25, 0.3) is 0 Å². The molecule has 3 aliphatic rings. The molecule has 3 fully saturated rings. The van der Waals surface area contributed by atoms with Crippen molar-refractivity contribution in [3.8, 4) is 0 Å². The topological polar surface area (TPSA) is 82.1 Å². The van der Waals surface area contributed by atoms with E-state index in [0.717, 1.165) is 13.8 Å². The largest absolute Gasteiger partial charge is 0.455 e. The zero-order valence-corrected chi connectivity index (χ0v) is 25.1. The van der Waals surface area contributed by atoms with Crippen molar-refractivity contribution in [1.29, 1.82) is 0 Å². The molecular weight excluding hydrogens is 672 g/mol. The number of rotatable bonds is 10. The Morgan fingerprint density at radius 2 is 1.13 bits per heavy atom. The molecule has 0 radical (unpaired) electrons. The Morgan fingerprint density at radius 1 is 0.681 bits per heavy atom. The minimum absolute atomic E-state index is 0.164. The summed E-state index contributed by atoms with van der Waals surface area (Å²) in [4.78, 5) is 24.7. The molecule has 0 aromatic heterocycles. The third-order valence-corrected chi connectivity index (χ3v) is 9.29. The van der Waals surface area contributed by atoms with E-state index in [1.165, 1.54) is 0 Å². The predicted molar refractivity (Wildman–Crippen MR) is 137 cm³/mol. The molecule has 0 heterocycles. The van der Waals surface area contributed by atoms with E-state index in [-0.39, 0.29) is 25.7 Å². The first kappa shape index (κ1) is 38.9. The van der Waals surface area contributed by atoms with Gasteiger partial charge in [0, 0.05) is 17.1 Å². The van der Waals surface area contributed by atoms with Crippen molar-refractivity contribution in [2.45, 2.75) is 119 Å². The molecule has 3 rings (SSSR count). The molecule has 0 aromatic carbocycles. The van der Waals surface area contributed by atoms with Crippen molar-refractivity contribution in [2.75, 3.05) is 0 Å². The summed E-state index contributed by atoms with van der Waals surface area (Å²) < 4.78 is 188. The van der Waals surface area contributed by atoms with Gasteiger partial charge in [-0.15, -0.1) is 0 Å². The molecule has 18 heteroatoms. The lowest BCUT2D eigenvalue weighted by atomic mass is 9.74. The molecule has 0 amide bonds. The summed E-state index contributed by atoms with van der Waals surface area (Å²) in [6.07, 6.45) is -36.5. The van der Waals surface area contributed by atoms with Gasteiger partial charge in [0.1, 0.15) is 0 Å². The van der Waals surface area contributed by atoms with Gasteiger partial charge in [-0.05, 0) is 63.7 Å². The second-order valence-corrected chi connectivity index (χ2v) is 12.7. The Morgan fingerprint density at radius 3 is 1.51 bits per heavy atom.